The minimum Gasteiger partial charge on any atom is -0.444 e. The summed E-state index contributed by atoms with van der Waals surface area (Å²) in [4.78, 5) is 11.9. The summed E-state index contributed by atoms with van der Waals surface area (Å²) < 4.78 is 5.30. The Morgan fingerprint density at radius 3 is 2.20 bits per heavy atom. The van der Waals surface area contributed by atoms with E-state index in [2.05, 4.69) is 5.32 Å². The van der Waals surface area contributed by atoms with Gasteiger partial charge in [0.1, 0.15) is 5.60 Å². The standard InChI is InChI=1S/C16H26N2O2/c1-11(2)14(18-15(19)20-16(3,4)5)13(17)12-9-7-6-8-10-12/h6-11,13-14H,17H2,1-5H3,(H,18,19)/t13-,14+/m1/s1. The third kappa shape index (κ3) is 5.21. The zero-order valence-corrected chi connectivity index (χ0v) is 13.0. The van der Waals surface area contributed by atoms with Crippen LogP contribution >= 0.6 is 0 Å². The van der Waals surface area contributed by atoms with Crippen molar-refractivity contribution in [3.63, 3.8) is 0 Å². The molecule has 2 atom stereocenters. The number of nitrogens with two attached hydrogens (primary N) is 1. The Hall–Kier alpha value is -1.55. The minimum atomic E-state index is -0.511. The van der Waals surface area contributed by atoms with Gasteiger partial charge in [0, 0.05) is 0 Å². The van der Waals surface area contributed by atoms with Gasteiger partial charge in [0.2, 0.25) is 0 Å². The quantitative estimate of drug-likeness (QED) is 0.888. The highest BCUT2D eigenvalue weighted by Gasteiger charge is 2.26. The van der Waals surface area contributed by atoms with E-state index in [0.717, 1.165) is 5.56 Å². The molecule has 1 amide bonds. The second-order valence-corrected chi connectivity index (χ2v) is 6.35. The van der Waals surface area contributed by atoms with Crippen LogP contribution in [0.1, 0.15) is 46.2 Å². The normalized spacial score (nSPS) is 14.8. The van der Waals surface area contributed by atoms with Gasteiger partial charge in [0.05, 0.1) is 12.1 Å². The van der Waals surface area contributed by atoms with E-state index < -0.39 is 11.7 Å². The zero-order valence-electron chi connectivity index (χ0n) is 13.0. The number of nitrogens with one attached hydrogen (secondary N) is 1. The van der Waals surface area contributed by atoms with Crippen molar-refractivity contribution in [1.29, 1.82) is 0 Å². The van der Waals surface area contributed by atoms with Gasteiger partial charge in [-0.2, -0.15) is 0 Å². The van der Waals surface area contributed by atoms with Crippen LogP contribution < -0.4 is 11.1 Å². The van der Waals surface area contributed by atoms with Crippen LogP contribution in [0, 0.1) is 5.92 Å². The highest BCUT2D eigenvalue weighted by Crippen LogP contribution is 2.20. The maximum atomic E-state index is 11.9. The Labute approximate surface area is 121 Å². The Balaban J connectivity index is 2.77. The first-order valence-electron chi connectivity index (χ1n) is 7.01. The lowest BCUT2D eigenvalue weighted by atomic mass is 9.92. The number of rotatable bonds is 4. The first kappa shape index (κ1) is 16.5. The van der Waals surface area contributed by atoms with Gasteiger partial charge in [-0.3, -0.25) is 0 Å². The van der Waals surface area contributed by atoms with Gasteiger partial charge in [0.25, 0.3) is 0 Å². The molecule has 0 aromatic heterocycles. The molecule has 112 valence electrons. The Bertz CT molecular complexity index is 424. The van der Waals surface area contributed by atoms with E-state index in [-0.39, 0.29) is 18.0 Å². The summed E-state index contributed by atoms with van der Waals surface area (Å²) in [6.45, 7) is 9.59. The van der Waals surface area contributed by atoms with Crippen molar-refractivity contribution in [2.75, 3.05) is 0 Å². The predicted molar refractivity (Wildman–Crippen MR) is 81.4 cm³/mol. The zero-order chi connectivity index (χ0) is 15.3. The number of hydrogen-bond donors (Lipinski definition) is 2. The van der Waals surface area contributed by atoms with Crippen molar-refractivity contribution in [3.8, 4) is 0 Å². The Morgan fingerprint density at radius 2 is 1.75 bits per heavy atom. The maximum Gasteiger partial charge on any atom is 0.407 e. The number of ether oxygens (including phenoxy) is 1. The van der Waals surface area contributed by atoms with E-state index >= 15 is 0 Å². The molecule has 0 aliphatic heterocycles. The van der Waals surface area contributed by atoms with Crippen molar-refractivity contribution in [1.82, 2.24) is 5.32 Å². The van der Waals surface area contributed by atoms with Crippen LogP contribution in [-0.4, -0.2) is 17.7 Å². The van der Waals surface area contributed by atoms with E-state index in [4.69, 9.17) is 10.5 Å². The molecular formula is C16H26N2O2. The number of carbonyl (C=O) groups is 1. The second kappa shape index (κ2) is 6.75. The van der Waals surface area contributed by atoms with Gasteiger partial charge >= 0.3 is 6.09 Å². The largest absolute Gasteiger partial charge is 0.444 e. The van der Waals surface area contributed by atoms with E-state index in [9.17, 15) is 4.79 Å². The summed E-state index contributed by atoms with van der Waals surface area (Å²) in [5.41, 5.74) is 6.77. The van der Waals surface area contributed by atoms with Gasteiger partial charge in [-0.15, -0.1) is 0 Å². The van der Waals surface area contributed by atoms with Crippen molar-refractivity contribution in [2.24, 2.45) is 11.7 Å². The number of carbonyl (C=O) groups excluding carboxylic acids is 1. The van der Waals surface area contributed by atoms with Crippen LogP contribution in [0.15, 0.2) is 30.3 Å². The molecule has 0 spiro atoms. The molecule has 0 saturated carbocycles. The molecule has 0 radical (unpaired) electrons. The minimum absolute atomic E-state index is 0.174. The molecule has 1 aromatic carbocycles. The van der Waals surface area contributed by atoms with Crippen LogP contribution in [-0.2, 0) is 4.74 Å². The molecule has 0 fully saturated rings. The monoisotopic (exact) mass is 278 g/mol. The molecule has 4 nitrogen and oxygen atoms in total. The summed E-state index contributed by atoms with van der Waals surface area (Å²) in [5, 5.41) is 2.89. The van der Waals surface area contributed by atoms with Crippen LogP contribution in [0.25, 0.3) is 0 Å². The maximum absolute atomic E-state index is 11.9. The number of benzene rings is 1. The highest BCUT2D eigenvalue weighted by atomic mass is 16.6. The lowest BCUT2D eigenvalue weighted by molar-refractivity contribution is 0.0480. The van der Waals surface area contributed by atoms with Crippen molar-refractivity contribution in [3.05, 3.63) is 35.9 Å². The molecule has 0 saturated heterocycles. The SMILES string of the molecule is CC(C)[C@H](NC(=O)OC(C)(C)C)[C@H](N)c1ccccc1. The van der Waals surface area contributed by atoms with E-state index in [1.165, 1.54) is 0 Å². The highest BCUT2D eigenvalue weighted by molar-refractivity contribution is 5.68. The second-order valence-electron chi connectivity index (χ2n) is 6.35. The van der Waals surface area contributed by atoms with Crippen LogP contribution in [0.3, 0.4) is 0 Å². The fourth-order valence-corrected chi connectivity index (χ4v) is 2.00. The summed E-state index contributed by atoms with van der Waals surface area (Å²) in [7, 11) is 0. The molecule has 0 bridgehead atoms. The van der Waals surface area contributed by atoms with Crippen molar-refractivity contribution in [2.45, 2.75) is 52.3 Å². The molecular weight excluding hydrogens is 252 g/mol. The van der Waals surface area contributed by atoms with E-state index in [1.54, 1.807) is 0 Å². The van der Waals surface area contributed by atoms with Crippen LogP contribution in [0.4, 0.5) is 4.79 Å². The predicted octanol–water partition coefficient (Wildman–Crippen LogP) is 3.24. The molecule has 0 aliphatic rings. The molecule has 3 N–H and O–H groups in total. The third-order valence-electron chi connectivity index (χ3n) is 2.97. The molecule has 0 heterocycles. The molecule has 1 rings (SSSR count). The van der Waals surface area contributed by atoms with E-state index in [1.807, 2.05) is 65.0 Å². The summed E-state index contributed by atoms with van der Waals surface area (Å²) in [6, 6.07) is 9.34. The third-order valence-corrected chi connectivity index (χ3v) is 2.97. The van der Waals surface area contributed by atoms with Gasteiger partial charge in [-0.05, 0) is 32.3 Å². The summed E-state index contributed by atoms with van der Waals surface area (Å²) >= 11 is 0. The lowest BCUT2D eigenvalue weighted by Crippen LogP contribution is -2.47. The number of hydrogen-bond acceptors (Lipinski definition) is 3. The lowest BCUT2D eigenvalue weighted by Gasteiger charge is -2.30. The molecule has 1 aromatic rings. The average molecular weight is 278 g/mol. The Morgan fingerprint density at radius 1 is 1.20 bits per heavy atom. The molecule has 0 aliphatic carbocycles. The van der Waals surface area contributed by atoms with Gasteiger partial charge in [0.15, 0.2) is 0 Å². The molecule has 4 heteroatoms. The average Bonchev–Trinajstić information content (AvgIpc) is 2.34. The number of alkyl carbamates (subject to hydrolysis) is 1. The van der Waals surface area contributed by atoms with Gasteiger partial charge < -0.3 is 15.8 Å². The van der Waals surface area contributed by atoms with Gasteiger partial charge in [-0.1, -0.05) is 44.2 Å². The fraction of sp³-hybridized carbons (Fsp3) is 0.562. The molecule has 20 heavy (non-hydrogen) atoms. The number of amides is 1. The van der Waals surface area contributed by atoms with E-state index in [0.29, 0.717) is 0 Å². The van der Waals surface area contributed by atoms with Gasteiger partial charge in [-0.25, -0.2) is 4.79 Å². The van der Waals surface area contributed by atoms with Crippen LogP contribution in [0.2, 0.25) is 0 Å². The smallest absolute Gasteiger partial charge is 0.407 e. The molecule has 0 unspecified atom stereocenters. The summed E-state index contributed by atoms with van der Waals surface area (Å²) in [5.74, 6) is 0.206. The first-order chi connectivity index (χ1) is 9.20. The topological polar surface area (TPSA) is 64.3 Å². The Kier molecular flexibility index (Phi) is 5.57. The van der Waals surface area contributed by atoms with Crippen molar-refractivity contribution >= 4 is 6.09 Å². The fourth-order valence-electron chi connectivity index (χ4n) is 2.00. The van der Waals surface area contributed by atoms with Crippen molar-refractivity contribution < 1.29 is 9.53 Å². The first-order valence-corrected chi connectivity index (χ1v) is 7.01. The summed E-state index contributed by atoms with van der Waals surface area (Å²) in [6.07, 6.45) is -0.428. The van der Waals surface area contributed by atoms with Crippen LogP contribution in [0.5, 0.6) is 0 Å².